The third-order valence-electron chi connectivity index (χ3n) is 4.09. The second kappa shape index (κ2) is 3.27. The smallest absolute Gasteiger partial charge is 0.00429 e. The van der Waals surface area contributed by atoms with Crippen LogP contribution in [0.5, 0.6) is 0 Å². The molecule has 78 valence electrons. The fraction of sp³-hybridized carbons (Fsp3) is 1.00. The average Bonchev–Trinajstić information content (AvgIpc) is 2.30. The molecule has 1 unspecified atom stereocenters. The molecule has 1 aliphatic heterocycles. The minimum atomic E-state index is 0.436. The van der Waals surface area contributed by atoms with Crippen LogP contribution in [0.2, 0.25) is 0 Å². The largest absolute Gasteiger partial charge is 0.306 e. The Morgan fingerprint density at radius 3 is 1.92 bits per heavy atom. The monoisotopic (exact) mass is 183 g/mol. The van der Waals surface area contributed by atoms with Crippen molar-refractivity contribution >= 4 is 0 Å². The van der Waals surface area contributed by atoms with Gasteiger partial charge in [-0.25, -0.2) is 0 Å². The molecule has 1 fully saturated rings. The van der Waals surface area contributed by atoms with Crippen LogP contribution in [0.1, 0.15) is 41.0 Å². The quantitative estimate of drug-likeness (QED) is 0.604. The van der Waals surface area contributed by atoms with Crippen LogP contribution in [-0.4, -0.2) is 25.0 Å². The van der Waals surface area contributed by atoms with Crippen LogP contribution in [0.25, 0.3) is 0 Å². The molecule has 0 amide bonds. The Balaban J connectivity index is 2.90. The maximum absolute atomic E-state index is 2.48. The number of rotatable bonds is 1. The minimum absolute atomic E-state index is 0.436. The molecule has 1 rings (SSSR count). The van der Waals surface area contributed by atoms with Gasteiger partial charge in [0.2, 0.25) is 0 Å². The predicted molar refractivity (Wildman–Crippen MR) is 58.8 cm³/mol. The predicted octanol–water partition coefficient (Wildman–Crippen LogP) is 3.01. The maximum atomic E-state index is 2.48. The summed E-state index contributed by atoms with van der Waals surface area (Å²) in [6, 6.07) is 0. The van der Waals surface area contributed by atoms with E-state index in [0.717, 1.165) is 5.92 Å². The number of likely N-dealkylation sites (tertiary alicyclic amines) is 1. The first kappa shape index (κ1) is 11.0. The number of hydrogen-bond donors (Lipinski definition) is 0. The van der Waals surface area contributed by atoms with E-state index in [2.05, 4.69) is 46.6 Å². The summed E-state index contributed by atoms with van der Waals surface area (Å²) in [5, 5.41) is 0. The third-order valence-corrected chi connectivity index (χ3v) is 4.09. The van der Waals surface area contributed by atoms with Gasteiger partial charge in [-0.3, -0.25) is 0 Å². The lowest BCUT2D eigenvalue weighted by atomic mass is 9.60. The van der Waals surface area contributed by atoms with Crippen LogP contribution < -0.4 is 0 Å². The molecule has 0 aliphatic carbocycles. The van der Waals surface area contributed by atoms with Gasteiger partial charge in [0.05, 0.1) is 0 Å². The Morgan fingerprint density at radius 2 is 1.77 bits per heavy atom. The van der Waals surface area contributed by atoms with E-state index in [9.17, 15) is 0 Å². The highest BCUT2D eigenvalue weighted by Gasteiger charge is 2.47. The zero-order valence-corrected chi connectivity index (χ0v) is 10.1. The molecule has 0 spiro atoms. The molecule has 1 atom stereocenters. The zero-order valence-electron chi connectivity index (χ0n) is 10.1. The van der Waals surface area contributed by atoms with E-state index >= 15 is 0 Å². The molecule has 0 radical (unpaired) electrons. The Hall–Kier alpha value is -0.0400. The van der Waals surface area contributed by atoms with Crippen molar-refractivity contribution in [2.45, 2.75) is 41.0 Å². The molecule has 1 aliphatic rings. The molecular weight excluding hydrogens is 158 g/mol. The summed E-state index contributed by atoms with van der Waals surface area (Å²) >= 11 is 0. The number of hydrogen-bond acceptors (Lipinski definition) is 1. The molecule has 0 bridgehead atoms. The van der Waals surface area contributed by atoms with Crippen molar-refractivity contribution in [1.82, 2.24) is 4.90 Å². The van der Waals surface area contributed by atoms with Crippen LogP contribution in [0, 0.1) is 16.7 Å². The Morgan fingerprint density at radius 1 is 1.23 bits per heavy atom. The lowest BCUT2D eigenvalue weighted by Gasteiger charge is -2.45. The zero-order chi connectivity index (χ0) is 10.3. The van der Waals surface area contributed by atoms with Crippen molar-refractivity contribution in [2.75, 3.05) is 20.1 Å². The summed E-state index contributed by atoms with van der Waals surface area (Å²) in [5.74, 6) is 0.789. The molecule has 1 saturated heterocycles. The van der Waals surface area contributed by atoms with Crippen LogP contribution in [0.3, 0.4) is 0 Å². The highest BCUT2D eigenvalue weighted by molar-refractivity contribution is 4.98. The van der Waals surface area contributed by atoms with Crippen molar-refractivity contribution in [3.8, 4) is 0 Å². The Kier molecular flexibility index (Phi) is 2.78. The maximum Gasteiger partial charge on any atom is 0.00429 e. The molecule has 1 nitrogen and oxygen atoms in total. The van der Waals surface area contributed by atoms with Gasteiger partial charge in [-0.15, -0.1) is 0 Å². The van der Waals surface area contributed by atoms with Crippen LogP contribution in [0.4, 0.5) is 0 Å². The van der Waals surface area contributed by atoms with Crippen molar-refractivity contribution in [2.24, 2.45) is 16.7 Å². The van der Waals surface area contributed by atoms with Gasteiger partial charge >= 0.3 is 0 Å². The van der Waals surface area contributed by atoms with Crippen molar-refractivity contribution < 1.29 is 0 Å². The standard InChI is InChI=1S/C12H25N/c1-10(2)12(11(3,4)5)7-8-13(6)9-12/h10H,7-9H2,1-6H3. The molecular formula is C12H25N. The van der Waals surface area contributed by atoms with Crippen LogP contribution in [0.15, 0.2) is 0 Å². The highest BCUT2D eigenvalue weighted by Crippen LogP contribution is 2.50. The number of nitrogens with zero attached hydrogens (tertiary/aromatic N) is 1. The summed E-state index contributed by atoms with van der Waals surface area (Å²) in [5.41, 5.74) is 0.966. The van der Waals surface area contributed by atoms with Gasteiger partial charge in [-0.2, -0.15) is 0 Å². The minimum Gasteiger partial charge on any atom is -0.306 e. The van der Waals surface area contributed by atoms with Crippen LogP contribution >= 0.6 is 0 Å². The van der Waals surface area contributed by atoms with E-state index < -0.39 is 0 Å². The van der Waals surface area contributed by atoms with Gasteiger partial charge in [0.15, 0.2) is 0 Å². The fourth-order valence-electron chi connectivity index (χ4n) is 2.98. The van der Waals surface area contributed by atoms with Crippen molar-refractivity contribution in [3.05, 3.63) is 0 Å². The van der Waals surface area contributed by atoms with E-state index in [1.54, 1.807) is 0 Å². The summed E-state index contributed by atoms with van der Waals surface area (Å²) < 4.78 is 0. The van der Waals surface area contributed by atoms with Crippen molar-refractivity contribution in [1.29, 1.82) is 0 Å². The first-order valence-electron chi connectivity index (χ1n) is 5.48. The van der Waals surface area contributed by atoms with E-state index in [4.69, 9.17) is 0 Å². The molecule has 0 N–H and O–H groups in total. The topological polar surface area (TPSA) is 3.24 Å². The molecule has 0 saturated carbocycles. The normalized spacial score (nSPS) is 31.6. The van der Waals surface area contributed by atoms with Gasteiger partial charge in [0, 0.05) is 6.54 Å². The van der Waals surface area contributed by atoms with Gasteiger partial charge in [0.25, 0.3) is 0 Å². The molecule has 0 aromatic carbocycles. The van der Waals surface area contributed by atoms with E-state index in [-0.39, 0.29) is 0 Å². The second-order valence-electron chi connectivity index (χ2n) is 6.05. The second-order valence-corrected chi connectivity index (χ2v) is 6.05. The Labute approximate surface area is 83.5 Å². The summed E-state index contributed by atoms with van der Waals surface area (Å²) in [6.07, 6.45) is 1.37. The fourth-order valence-corrected chi connectivity index (χ4v) is 2.98. The highest BCUT2D eigenvalue weighted by atomic mass is 15.1. The third kappa shape index (κ3) is 1.76. The van der Waals surface area contributed by atoms with Gasteiger partial charge in [0.1, 0.15) is 0 Å². The van der Waals surface area contributed by atoms with Gasteiger partial charge < -0.3 is 4.90 Å². The van der Waals surface area contributed by atoms with Gasteiger partial charge in [-0.1, -0.05) is 34.6 Å². The van der Waals surface area contributed by atoms with Gasteiger partial charge in [-0.05, 0) is 36.8 Å². The lowest BCUT2D eigenvalue weighted by Crippen LogP contribution is -2.42. The summed E-state index contributed by atoms with van der Waals surface area (Å²) in [4.78, 5) is 2.48. The van der Waals surface area contributed by atoms with Crippen LogP contribution in [-0.2, 0) is 0 Å². The first-order chi connectivity index (χ1) is 5.79. The SMILES string of the molecule is CC(C)C1(C(C)(C)C)CCN(C)C1. The molecule has 13 heavy (non-hydrogen) atoms. The first-order valence-corrected chi connectivity index (χ1v) is 5.48. The molecule has 1 heteroatoms. The average molecular weight is 183 g/mol. The van der Waals surface area contributed by atoms with E-state index in [1.165, 1.54) is 19.5 Å². The van der Waals surface area contributed by atoms with Crippen molar-refractivity contribution in [3.63, 3.8) is 0 Å². The molecule has 0 aromatic heterocycles. The summed E-state index contributed by atoms with van der Waals surface area (Å²) in [7, 11) is 2.25. The van der Waals surface area contributed by atoms with E-state index in [0.29, 0.717) is 10.8 Å². The lowest BCUT2D eigenvalue weighted by molar-refractivity contribution is 0.0428. The molecule has 1 heterocycles. The van der Waals surface area contributed by atoms with E-state index in [1.807, 2.05) is 0 Å². The Bertz CT molecular complexity index is 178. The summed E-state index contributed by atoms with van der Waals surface area (Å²) in [6.45, 7) is 14.5. The molecule has 0 aromatic rings.